The van der Waals surface area contributed by atoms with Crippen LogP contribution in [0.2, 0.25) is 5.02 Å². The van der Waals surface area contributed by atoms with Crippen LogP contribution < -0.4 is 0 Å². The summed E-state index contributed by atoms with van der Waals surface area (Å²) < 4.78 is 23.4. The third-order valence-electron chi connectivity index (χ3n) is 1.76. The molecule has 0 aromatic heterocycles. The number of nitrogens with one attached hydrogen (secondary N) is 1. The molecule has 0 aliphatic carbocycles. The number of halogens is 1. The van der Waals surface area contributed by atoms with Gasteiger partial charge in [0.25, 0.3) is 0 Å². The first-order chi connectivity index (χ1) is 7.02. The van der Waals surface area contributed by atoms with E-state index in [4.69, 9.17) is 22.3 Å². The maximum atomic E-state index is 11.7. The zero-order chi connectivity index (χ0) is 11.5. The normalized spacial score (nSPS) is 12.8. The summed E-state index contributed by atoms with van der Waals surface area (Å²) in [4.78, 5) is -0.0121. The lowest BCUT2D eigenvalue weighted by molar-refractivity contribution is 0.596. The lowest BCUT2D eigenvalue weighted by Gasteiger charge is -2.05. The van der Waals surface area contributed by atoms with Gasteiger partial charge in [-0.25, -0.2) is 8.42 Å². The summed E-state index contributed by atoms with van der Waals surface area (Å²) in [5.74, 6) is 0. The molecular formula is C9H7ClN2O2S. The number of nitriles is 1. The van der Waals surface area contributed by atoms with Crippen LogP contribution in [0, 0.1) is 16.7 Å². The maximum absolute atomic E-state index is 11.7. The highest BCUT2D eigenvalue weighted by Crippen LogP contribution is 2.17. The summed E-state index contributed by atoms with van der Waals surface area (Å²) >= 11 is 5.60. The molecule has 78 valence electrons. The summed E-state index contributed by atoms with van der Waals surface area (Å²) in [6.07, 6.45) is 0.601. The van der Waals surface area contributed by atoms with E-state index in [0.717, 1.165) is 0 Å². The van der Waals surface area contributed by atoms with Crippen LogP contribution in [0.25, 0.3) is 0 Å². The van der Waals surface area contributed by atoms with Gasteiger partial charge in [-0.05, 0) is 24.3 Å². The van der Waals surface area contributed by atoms with Gasteiger partial charge in [-0.15, -0.1) is 0 Å². The third kappa shape index (κ3) is 2.35. The average molecular weight is 243 g/mol. The van der Waals surface area contributed by atoms with Crippen molar-refractivity contribution in [3.63, 3.8) is 0 Å². The molecule has 1 N–H and O–H groups in total. The number of benzene rings is 1. The molecule has 4 nitrogen and oxygen atoms in total. The van der Waals surface area contributed by atoms with Crippen LogP contribution in [-0.4, -0.2) is 19.9 Å². The molecule has 6 heteroatoms. The zero-order valence-electron chi connectivity index (χ0n) is 7.51. The maximum Gasteiger partial charge on any atom is 0.199 e. The van der Waals surface area contributed by atoms with Crippen molar-refractivity contribution in [2.45, 2.75) is 10.1 Å². The Balaban J connectivity index is 3.24. The van der Waals surface area contributed by atoms with Crippen LogP contribution in [0.5, 0.6) is 0 Å². The number of rotatable bonds is 3. The zero-order valence-corrected chi connectivity index (χ0v) is 9.09. The lowest BCUT2D eigenvalue weighted by Crippen LogP contribution is -2.20. The van der Waals surface area contributed by atoms with E-state index in [1.807, 2.05) is 0 Å². The molecule has 0 spiro atoms. The highest BCUT2D eigenvalue weighted by atomic mass is 35.5. The van der Waals surface area contributed by atoms with Gasteiger partial charge in [-0.2, -0.15) is 5.26 Å². The lowest BCUT2D eigenvalue weighted by atomic mass is 10.4. The van der Waals surface area contributed by atoms with Gasteiger partial charge < -0.3 is 5.41 Å². The Bertz CT molecular complexity index is 502. The molecule has 0 aliphatic rings. The summed E-state index contributed by atoms with van der Waals surface area (Å²) in [6.45, 7) is 0. The molecule has 15 heavy (non-hydrogen) atoms. The number of hydrogen-bond acceptors (Lipinski definition) is 4. The average Bonchev–Trinajstić information content (AvgIpc) is 2.19. The number of nitrogens with zero attached hydrogens (tertiary/aromatic N) is 1. The molecule has 1 aromatic rings. The van der Waals surface area contributed by atoms with Crippen molar-refractivity contribution in [1.29, 1.82) is 10.7 Å². The summed E-state index contributed by atoms with van der Waals surface area (Å²) in [5.41, 5.74) is 0. The first-order valence-electron chi connectivity index (χ1n) is 3.92. The Morgan fingerprint density at radius 3 is 2.33 bits per heavy atom. The Labute approximate surface area is 92.5 Å². The number of sulfone groups is 1. The van der Waals surface area contributed by atoms with Gasteiger partial charge in [0.05, 0.1) is 11.0 Å². The van der Waals surface area contributed by atoms with Crippen molar-refractivity contribution >= 4 is 27.7 Å². The SMILES string of the molecule is N#C[C@@H](C=N)S(=O)(=O)c1ccc(Cl)cc1. The second-order valence-electron chi connectivity index (χ2n) is 2.72. The molecule has 0 saturated carbocycles. The second-order valence-corrected chi connectivity index (χ2v) is 5.22. The molecule has 0 bridgehead atoms. The summed E-state index contributed by atoms with van der Waals surface area (Å²) in [6, 6.07) is 7.01. The predicted octanol–water partition coefficient (Wildman–Crippen LogP) is 1.66. The second kappa shape index (κ2) is 4.43. The van der Waals surface area contributed by atoms with Gasteiger partial charge >= 0.3 is 0 Å². The van der Waals surface area contributed by atoms with E-state index in [9.17, 15) is 8.42 Å². The van der Waals surface area contributed by atoms with Crippen LogP contribution >= 0.6 is 11.6 Å². The monoisotopic (exact) mass is 242 g/mol. The summed E-state index contributed by atoms with van der Waals surface area (Å²) in [5, 5.41) is 14.4. The van der Waals surface area contributed by atoms with Crippen LogP contribution in [0.1, 0.15) is 0 Å². The third-order valence-corrected chi connectivity index (χ3v) is 3.85. The van der Waals surface area contributed by atoms with Gasteiger partial charge in [0.1, 0.15) is 0 Å². The standard InChI is InChI=1S/C9H7ClN2O2S/c10-7-1-3-8(4-2-7)15(13,14)9(5-11)6-12/h1-5,9,11H/t9-/m1/s1. The van der Waals surface area contributed by atoms with E-state index in [1.165, 1.54) is 24.3 Å². The van der Waals surface area contributed by atoms with E-state index < -0.39 is 15.1 Å². The van der Waals surface area contributed by atoms with Crippen LogP contribution in [0.3, 0.4) is 0 Å². The largest absolute Gasteiger partial charge is 0.311 e. The van der Waals surface area contributed by atoms with Crippen LogP contribution in [-0.2, 0) is 9.84 Å². The Morgan fingerprint density at radius 1 is 1.40 bits per heavy atom. The molecule has 1 atom stereocenters. The van der Waals surface area contributed by atoms with Gasteiger partial charge in [0.15, 0.2) is 15.1 Å². The highest BCUT2D eigenvalue weighted by Gasteiger charge is 2.25. The molecule has 0 saturated heterocycles. The van der Waals surface area contributed by atoms with Crippen molar-refractivity contribution in [2.24, 2.45) is 0 Å². The predicted molar refractivity (Wildman–Crippen MR) is 56.8 cm³/mol. The Kier molecular flexibility index (Phi) is 3.45. The fourth-order valence-electron chi connectivity index (χ4n) is 0.967. The van der Waals surface area contributed by atoms with Crippen LogP contribution in [0.15, 0.2) is 29.2 Å². The Morgan fingerprint density at radius 2 is 1.93 bits per heavy atom. The van der Waals surface area contributed by atoms with E-state index >= 15 is 0 Å². The smallest absolute Gasteiger partial charge is 0.199 e. The van der Waals surface area contributed by atoms with Gasteiger partial charge in [-0.1, -0.05) is 11.6 Å². The van der Waals surface area contributed by atoms with Gasteiger partial charge in [0, 0.05) is 11.2 Å². The van der Waals surface area contributed by atoms with Crippen LogP contribution in [0.4, 0.5) is 0 Å². The number of hydrogen-bond donors (Lipinski definition) is 1. The minimum absolute atomic E-state index is 0.0121. The minimum Gasteiger partial charge on any atom is -0.311 e. The molecule has 0 unspecified atom stereocenters. The molecular weight excluding hydrogens is 236 g/mol. The highest BCUT2D eigenvalue weighted by molar-refractivity contribution is 7.93. The quantitative estimate of drug-likeness (QED) is 0.819. The summed E-state index contributed by atoms with van der Waals surface area (Å²) in [7, 11) is -3.78. The molecule has 0 heterocycles. The molecule has 0 amide bonds. The fourth-order valence-corrected chi connectivity index (χ4v) is 2.22. The van der Waals surface area contributed by atoms with Crippen molar-refractivity contribution in [3.8, 4) is 6.07 Å². The van der Waals surface area contributed by atoms with E-state index in [0.29, 0.717) is 11.2 Å². The van der Waals surface area contributed by atoms with Crippen molar-refractivity contribution in [1.82, 2.24) is 0 Å². The molecule has 0 fully saturated rings. The van der Waals surface area contributed by atoms with E-state index in [1.54, 1.807) is 6.07 Å². The van der Waals surface area contributed by atoms with E-state index in [-0.39, 0.29) is 4.90 Å². The van der Waals surface area contributed by atoms with Gasteiger partial charge in [0.2, 0.25) is 0 Å². The fraction of sp³-hybridized carbons (Fsp3) is 0.111. The molecule has 0 aliphatic heterocycles. The van der Waals surface area contributed by atoms with Crippen molar-refractivity contribution in [3.05, 3.63) is 29.3 Å². The molecule has 0 radical (unpaired) electrons. The first-order valence-corrected chi connectivity index (χ1v) is 5.84. The van der Waals surface area contributed by atoms with Crippen molar-refractivity contribution in [2.75, 3.05) is 0 Å². The van der Waals surface area contributed by atoms with E-state index in [2.05, 4.69) is 0 Å². The molecule has 1 aromatic carbocycles. The molecule has 1 rings (SSSR count). The van der Waals surface area contributed by atoms with Crippen molar-refractivity contribution < 1.29 is 8.42 Å². The first kappa shape index (κ1) is 11.7. The topological polar surface area (TPSA) is 81.8 Å². The Hall–Kier alpha value is -1.38. The van der Waals surface area contributed by atoms with Gasteiger partial charge in [-0.3, -0.25) is 0 Å². The minimum atomic E-state index is -3.78.